The molecule has 2 aliphatic carbocycles. The van der Waals surface area contributed by atoms with Gasteiger partial charge in [0.15, 0.2) is 0 Å². The molecule has 1 heterocycles. The molecule has 24 heavy (non-hydrogen) atoms. The van der Waals surface area contributed by atoms with Gasteiger partial charge in [0.25, 0.3) is 0 Å². The highest BCUT2D eigenvalue weighted by Gasteiger charge is 2.63. The van der Waals surface area contributed by atoms with E-state index in [-0.39, 0.29) is 11.9 Å². The van der Waals surface area contributed by atoms with Gasteiger partial charge in [0, 0.05) is 12.2 Å². The molecule has 8 heteroatoms. The zero-order valence-electron chi connectivity index (χ0n) is 13.9. The molecule has 0 amide bonds. The maximum Gasteiger partial charge on any atom is 0.336 e. The number of hydrogen-bond donors (Lipinski definition) is 2. The summed E-state index contributed by atoms with van der Waals surface area (Å²) in [6.07, 6.45) is 12.5. The molecule has 0 saturated heterocycles. The zero-order valence-corrected chi connectivity index (χ0v) is 13.9. The number of aromatic nitrogens is 2. The first-order chi connectivity index (χ1) is 11.7. The van der Waals surface area contributed by atoms with Crippen molar-refractivity contribution < 1.29 is 9.63 Å². The predicted molar refractivity (Wildman–Crippen MR) is 87.6 cm³/mol. The SMILES string of the molecule is NN=NCCCC1CC1(C(=O)ON)c1cn(C2CCCCC2)cn1. The van der Waals surface area contributed by atoms with Gasteiger partial charge in [0.05, 0.1) is 18.6 Å². The van der Waals surface area contributed by atoms with Crippen LogP contribution in [0.2, 0.25) is 0 Å². The number of carbonyl (C=O) groups excluding carboxylic acids is 1. The van der Waals surface area contributed by atoms with Gasteiger partial charge in [-0.2, -0.15) is 11.0 Å². The van der Waals surface area contributed by atoms with Crippen molar-refractivity contribution >= 4 is 5.97 Å². The number of rotatable bonds is 7. The van der Waals surface area contributed by atoms with E-state index in [1.807, 2.05) is 12.5 Å². The topological polar surface area (TPSA) is 121 Å². The fourth-order valence-corrected chi connectivity index (χ4v) is 4.06. The van der Waals surface area contributed by atoms with E-state index in [4.69, 9.17) is 11.7 Å². The molecule has 3 rings (SSSR count). The lowest BCUT2D eigenvalue weighted by Crippen LogP contribution is -2.28. The van der Waals surface area contributed by atoms with Gasteiger partial charge in [-0.15, -0.1) is 0 Å². The fourth-order valence-electron chi connectivity index (χ4n) is 4.06. The van der Waals surface area contributed by atoms with Crippen LogP contribution in [0.1, 0.15) is 63.1 Å². The Morgan fingerprint density at radius 2 is 2.21 bits per heavy atom. The molecule has 1 aromatic heterocycles. The molecule has 2 atom stereocenters. The average Bonchev–Trinajstić information content (AvgIpc) is 3.14. The number of carbonyl (C=O) groups is 1. The molecule has 4 N–H and O–H groups in total. The summed E-state index contributed by atoms with van der Waals surface area (Å²) in [6, 6.07) is 0.494. The van der Waals surface area contributed by atoms with Crippen LogP contribution in [-0.4, -0.2) is 22.1 Å². The second kappa shape index (κ2) is 7.29. The third-order valence-electron chi connectivity index (χ3n) is 5.52. The van der Waals surface area contributed by atoms with Crippen molar-refractivity contribution in [2.75, 3.05) is 6.54 Å². The van der Waals surface area contributed by atoms with Gasteiger partial charge >= 0.3 is 5.97 Å². The molecule has 0 aromatic carbocycles. The molecule has 0 radical (unpaired) electrons. The van der Waals surface area contributed by atoms with Gasteiger partial charge in [-0.1, -0.05) is 24.5 Å². The highest BCUT2D eigenvalue weighted by molar-refractivity contribution is 5.86. The Hall–Kier alpha value is -1.96. The highest BCUT2D eigenvalue weighted by atomic mass is 16.7. The summed E-state index contributed by atoms with van der Waals surface area (Å²) >= 11 is 0. The van der Waals surface area contributed by atoms with E-state index < -0.39 is 5.41 Å². The zero-order chi connectivity index (χ0) is 17.0. The van der Waals surface area contributed by atoms with Crippen LogP contribution in [0.4, 0.5) is 0 Å². The van der Waals surface area contributed by atoms with Crippen molar-refractivity contribution in [1.29, 1.82) is 0 Å². The highest BCUT2D eigenvalue weighted by Crippen LogP contribution is 2.56. The van der Waals surface area contributed by atoms with E-state index >= 15 is 0 Å². The van der Waals surface area contributed by atoms with Gasteiger partial charge in [-0.05, 0) is 38.0 Å². The minimum absolute atomic E-state index is 0.191. The molecule has 0 bridgehead atoms. The van der Waals surface area contributed by atoms with Crippen LogP contribution < -0.4 is 11.7 Å². The molecule has 0 aliphatic heterocycles. The first kappa shape index (κ1) is 16.9. The lowest BCUT2D eigenvalue weighted by molar-refractivity contribution is -0.148. The average molecular weight is 334 g/mol. The molecule has 0 spiro atoms. The molecule has 2 saturated carbocycles. The predicted octanol–water partition coefficient (Wildman–Crippen LogP) is 2.17. The summed E-state index contributed by atoms with van der Waals surface area (Å²) in [5, 5.41) is 7.02. The number of nitrogens with zero attached hydrogens (tertiary/aromatic N) is 4. The third kappa shape index (κ3) is 3.15. The Balaban J connectivity index is 1.71. The molecule has 2 aliphatic rings. The summed E-state index contributed by atoms with van der Waals surface area (Å²) in [6.45, 7) is 0.567. The number of imidazole rings is 1. The van der Waals surface area contributed by atoms with Crippen molar-refractivity contribution in [3.8, 4) is 0 Å². The van der Waals surface area contributed by atoms with Gasteiger partial charge in [-0.25, -0.2) is 9.78 Å². The Morgan fingerprint density at radius 1 is 1.42 bits per heavy atom. The lowest BCUT2D eigenvalue weighted by atomic mass is 9.95. The molecule has 2 fully saturated rings. The number of hydrogen-bond acceptors (Lipinski definition) is 6. The molecular formula is C16H26N6O2. The van der Waals surface area contributed by atoms with E-state index in [1.54, 1.807) is 0 Å². The van der Waals surface area contributed by atoms with Crippen molar-refractivity contribution in [2.45, 2.75) is 62.8 Å². The van der Waals surface area contributed by atoms with Crippen molar-refractivity contribution in [3.63, 3.8) is 0 Å². The Bertz CT molecular complexity index is 595. The van der Waals surface area contributed by atoms with E-state index in [0.29, 0.717) is 12.6 Å². The first-order valence-electron chi connectivity index (χ1n) is 8.74. The minimum Gasteiger partial charge on any atom is -0.373 e. The molecule has 1 aromatic rings. The van der Waals surface area contributed by atoms with E-state index in [0.717, 1.165) is 25.0 Å². The van der Waals surface area contributed by atoms with Gasteiger partial charge in [-0.3, -0.25) is 0 Å². The quantitative estimate of drug-likeness (QED) is 0.342. The second-order valence-electron chi connectivity index (χ2n) is 6.90. The van der Waals surface area contributed by atoms with Crippen LogP contribution in [0, 0.1) is 5.92 Å². The van der Waals surface area contributed by atoms with Crippen molar-refractivity contribution in [2.24, 2.45) is 28.0 Å². The normalized spacial score (nSPS) is 27.5. The van der Waals surface area contributed by atoms with Crippen molar-refractivity contribution in [3.05, 3.63) is 18.2 Å². The maximum absolute atomic E-state index is 12.3. The van der Waals surface area contributed by atoms with Crippen LogP contribution in [0.5, 0.6) is 0 Å². The molecule has 2 unspecified atom stereocenters. The van der Waals surface area contributed by atoms with Crippen LogP contribution >= 0.6 is 0 Å². The van der Waals surface area contributed by atoms with E-state index in [2.05, 4.69) is 24.7 Å². The smallest absolute Gasteiger partial charge is 0.336 e. The summed E-state index contributed by atoms with van der Waals surface area (Å²) < 4.78 is 2.16. The number of nitrogens with two attached hydrogens (primary N) is 2. The Kier molecular flexibility index (Phi) is 5.13. The third-order valence-corrected chi connectivity index (χ3v) is 5.52. The van der Waals surface area contributed by atoms with Crippen LogP contribution in [0.25, 0.3) is 0 Å². The fraction of sp³-hybridized carbons (Fsp3) is 0.750. The van der Waals surface area contributed by atoms with Gasteiger partial charge in [0.1, 0.15) is 5.41 Å². The van der Waals surface area contributed by atoms with Crippen LogP contribution in [-0.2, 0) is 15.0 Å². The standard InChI is InChI=1S/C16H26N6O2/c17-21-20-8-4-5-12-9-16(12,15(23)24-18)14-10-22(11-19-14)13-6-2-1-3-7-13/h10-13H,1-9,18H2,(H2,17,20). The summed E-state index contributed by atoms with van der Waals surface area (Å²) in [5.41, 5.74) is 0.100. The van der Waals surface area contributed by atoms with Gasteiger partial charge in [0.2, 0.25) is 0 Å². The summed E-state index contributed by atoms with van der Waals surface area (Å²) in [5.74, 6) is 10.00. The first-order valence-corrected chi connectivity index (χ1v) is 8.74. The lowest BCUT2D eigenvalue weighted by Gasteiger charge is -2.22. The maximum atomic E-state index is 12.3. The molecule has 132 valence electrons. The van der Waals surface area contributed by atoms with Gasteiger partial charge < -0.3 is 15.2 Å². The molecule has 8 nitrogen and oxygen atoms in total. The van der Waals surface area contributed by atoms with Crippen molar-refractivity contribution in [1.82, 2.24) is 9.55 Å². The summed E-state index contributed by atoms with van der Waals surface area (Å²) in [7, 11) is 0. The second-order valence-corrected chi connectivity index (χ2v) is 6.90. The Morgan fingerprint density at radius 3 is 2.92 bits per heavy atom. The van der Waals surface area contributed by atoms with Crippen LogP contribution in [0.3, 0.4) is 0 Å². The van der Waals surface area contributed by atoms with E-state index in [1.165, 1.54) is 32.1 Å². The van der Waals surface area contributed by atoms with Crippen LogP contribution in [0.15, 0.2) is 22.9 Å². The minimum atomic E-state index is -0.686. The Labute approximate surface area is 141 Å². The largest absolute Gasteiger partial charge is 0.373 e. The summed E-state index contributed by atoms with van der Waals surface area (Å²) in [4.78, 5) is 21.5. The monoisotopic (exact) mass is 334 g/mol. The van der Waals surface area contributed by atoms with E-state index in [9.17, 15) is 4.79 Å². The molecular weight excluding hydrogens is 308 g/mol.